The van der Waals surface area contributed by atoms with Crippen LogP contribution < -0.4 is 10.1 Å². The molecule has 0 saturated heterocycles. The van der Waals surface area contributed by atoms with Crippen molar-refractivity contribution in [1.29, 1.82) is 0 Å². The van der Waals surface area contributed by atoms with E-state index in [9.17, 15) is 0 Å². The minimum absolute atomic E-state index is 0.596. The number of nitrogens with one attached hydrogen (secondary N) is 1. The molecule has 0 fully saturated rings. The molecule has 2 aromatic rings. The van der Waals surface area contributed by atoms with Gasteiger partial charge in [-0.2, -0.15) is 0 Å². The number of anilines is 2. The summed E-state index contributed by atoms with van der Waals surface area (Å²) < 4.78 is 6.06. The lowest BCUT2D eigenvalue weighted by molar-refractivity contribution is 0.414. The first kappa shape index (κ1) is 12.8. The van der Waals surface area contributed by atoms with Crippen LogP contribution in [0.5, 0.6) is 5.75 Å². The molecule has 0 bridgehead atoms. The Bertz CT molecular complexity index is 552. The van der Waals surface area contributed by atoms with Gasteiger partial charge in [-0.1, -0.05) is 0 Å². The highest BCUT2D eigenvalue weighted by atomic mass is 79.9. The van der Waals surface area contributed by atoms with Crippen LogP contribution >= 0.6 is 15.9 Å². The topological polar surface area (TPSA) is 47.0 Å². The molecule has 2 rings (SSSR count). The van der Waals surface area contributed by atoms with Gasteiger partial charge in [-0.3, -0.25) is 0 Å². The van der Waals surface area contributed by atoms with Gasteiger partial charge >= 0.3 is 0 Å². The summed E-state index contributed by atoms with van der Waals surface area (Å²) >= 11 is 3.48. The van der Waals surface area contributed by atoms with Crippen molar-refractivity contribution in [2.45, 2.75) is 13.8 Å². The van der Waals surface area contributed by atoms with Gasteiger partial charge in [0.15, 0.2) is 0 Å². The van der Waals surface area contributed by atoms with Gasteiger partial charge in [0.05, 0.1) is 12.8 Å². The van der Waals surface area contributed by atoms with Crippen molar-refractivity contribution in [3.63, 3.8) is 0 Å². The Kier molecular flexibility index (Phi) is 3.81. The summed E-state index contributed by atoms with van der Waals surface area (Å²) in [7, 11) is 1.64. The van der Waals surface area contributed by atoms with E-state index in [1.54, 1.807) is 7.11 Å². The molecule has 94 valence electrons. The van der Waals surface area contributed by atoms with Gasteiger partial charge in [0, 0.05) is 15.9 Å². The minimum Gasteiger partial charge on any atom is -0.497 e. The zero-order chi connectivity index (χ0) is 13.1. The summed E-state index contributed by atoms with van der Waals surface area (Å²) in [6, 6.07) is 7.64. The monoisotopic (exact) mass is 307 g/mol. The average molecular weight is 308 g/mol. The number of methoxy groups -OCH3 is 1. The Morgan fingerprint density at radius 1 is 1.11 bits per heavy atom. The quantitative estimate of drug-likeness (QED) is 0.941. The largest absolute Gasteiger partial charge is 0.497 e. The molecule has 5 heteroatoms. The predicted octanol–water partition coefficient (Wildman–Crippen LogP) is 3.61. The van der Waals surface area contributed by atoms with E-state index in [0.717, 1.165) is 27.3 Å². The first-order chi connectivity index (χ1) is 8.58. The van der Waals surface area contributed by atoms with Gasteiger partial charge < -0.3 is 10.1 Å². The SMILES string of the molecule is COc1ccc(Nc2nc(C)cc(C)n2)c(Br)c1. The van der Waals surface area contributed by atoms with Crippen LogP contribution in [0.15, 0.2) is 28.7 Å². The molecule has 0 aliphatic rings. The van der Waals surface area contributed by atoms with E-state index in [-0.39, 0.29) is 0 Å². The third-order valence-electron chi connectivity index (χ3n) is 2.41. The van der Waals surface area contributed by atoms with Crippen LogP contribution in [0.1, 0.15) is 11.4 Å². The van der Waals surface area contributed by atoms with Crippen molar-refractivity contribution in [3.05, 3.63) is 40.1 Å². The summed E-state index contributed by atoms with van der Waals surface area (Å²) in [6.07, 6.45) is 0. The van der Waals surface area contributed by atoms with Gasteiger partial charge in [0.2, 0.25) is 5.95 Å². The van der Waals surface area contributed by atoms with Gasteiger partial charge in [0.25, 0.3) is 0 Å². The van der Waals surface area contributed by atoms with Gasteiger partial charge in [-0.05, 0) is 54.0 Å². The van der Waals surface area contributed by atoms with E-state index in [1.165, 1.54) is 0 Å². The molecule has 1 aromatic heterocycles. The highest BCUT2D eigenvalue weighted by Crippen LogP contribution is 2.28. The van der Waals surface area contributed by atoms with E-state index in [0.29, 0.717) is 5.95 Å². The lowest BCUT2D eigenvalue weighted by Crippen LogP contribution is -2.00. The molecule has 0 amide bonds. The van der Waals surface area contributed by atoms with Crippen LogP contribution in [0.4, 0.5) is 11.6 Å². The van der Waals surface area contributed by atoms with E-state index in [4.69, 9.17) is 4.74 Å². The Morgan fingerprint density at radius 2 is 1.78 bits per heavy atom. The fourth-order valence-corrected chi connectivity index (χ4v) is 2.08. The number of aromatic nitrogens is 2. The number of ether oxygens (including phenoxy) is 1. The molecule has 0 unspecified atom stereocenters. The van der Waals surface area contributed by atoms with Crippen LogP contribution in [-0.2, 0) is 0 Å². The van der Waals surface area contributed by atoms with Crippen molar-refractivity contribution in [3.8, 4) is 5.75 Å². The Morgan fingerprint density at radius 3 is 2.33 bits per heavy atom. The van der Waals surface area contributed by atoms with Crippen LogP contribution in [-0.4, -0.2) is 17.1 Å². The molecule has 1 heterocycles. The van der Waals surface area contributed by atoms with Gasteiger partial charge in [-0.25, -0.2) is 9.97 Å². The van der Waals surface area contributed by atoms with Crippen LogP contribution in [0, 0.1) is 13.8 Å². The van der Waals surface area contributed by atoms with E-state index >= 15 is 0 Å². The number of halogens is 1. The molecule has 0 radical (unpaired) electrons. The molecule has 0 spiro atoms. The number of rotatable bonds is 3. The summed E-state index contributed by atoms with van der Waals surface area (Å²) in [5.41, 5.74) is 2.78. The van der Waals surface area contributed by atoms with Crippen molar-refractivity contribution >= 4 is 27.6 Å². The highest BCUT2D eigenvalue weighted by molar-refractivity contribution is 9.10. The number of aryl methyl sites for hydroxylation is 2. The van der Waals surface area contributed by atoms with E-state index in [1.807, 2.05) is 38.1 Å². The third kappa shape index (κ3) is 2.98. The Hall–Kier alpha value is -1.62. The molecule has 1 aromatic carbocycles. The maximum absolute atomic E-state index is 5.15. The molecule has 4 nitrogen and oxygen atoms in total. The lowest BCUT2D eigenvalue weighted by Gasteiger charge is -2.09. The van der Waals surface area contributed by atoms with Crippen LogP contribution in [0.2, 0.25) is 0 Å². The fourth-order valence-electron chi connectivity index (χ4n) is 1.63. The second kappa shape index (κ2) is 5.35. The number of nitrogens with zero attached hydrogens (tertiary/aromatic N) is 2. The molecule has 18 heavy (non-hydrogen) atoms. The lowest BCUT2D eigenvalue weighted by atomic mass is 10.3. The molecule has 0 saturated carbocycles. The Balaban J connectivity index is 2.28. The van der Waals surface area contributed by atoms with Crippen LogP contribution in [0.3, 0.4) is 0 Å². The molecular weight excluding hydrogens is 294 g/mol. The summed E-state index contributed by atoms with van der Waals surface area (Å²) in [5, 5.41) is 3.18. The first-order valence-corrected chi connectivity index (χ1v) is 6.30. The highest BCUT2D eigenvalue weighted by Gasteiger charge is 2.05. The second-order valence-electron chi connectivity index (χ2n) is 3.95. The minimum atomic E-state index is 0.596. The van der Waals surface area contributed by atoms with E-state index < -0.39 is 0 Å². The van der Waals surface area contributed by atoms with Gasteiger partial charge in [0.1, 0.15) is 5.75 Å². The number of hydrogen-bond acceptors (Lipinski definition) is 4. The van der Waals surface area contributed by atoms with Crippen molar-refractivity contribution in [2.24, 2.45) is 0 Å². The molecule has 0 atom stereocenters. The molecule has 0 aliphatic carbocycles. The standard InChI is InChI=1S/C13H14BrN3O/c1-8-6-9(2)16-13(15-8)17-12-5-4-10(18-3)7-11(12)14/h4-7H,1-3H3,(H,15,16,17). The summed E-state index contributed by atoms with van der Waals surface area (Å²) in [5.74, 6) is 1.40. The maximum Gasteiger partial charge on any atom is 0.227 e. The third-order valence-corrected chi connectivity index (χ3v) is 3.06. The van der Waals surface area contributed by atoms with Crippen LogP contribution in [0.25, 0.3) is 0 Å². The summed E-state index contributed by atoms with van der Waals surface area (Å²) in [4.78, 5) is 8.68. The fraction of sp³-hybridized carbons (Fsp3) is 0.231. The molecular formula is C13H14BrN3O. The van der Waals surface area contributed by atoms with Crippen molar-refractivity contribution in [1.82, 2.24) is 9.97 Å². The Labute approximate surface area is 115 Å². The number of hydrogen-bond donors (Lipinski definition) is 1. The average Bonchev–Trinajstić information content (AvgIpc) is 2.30. The predicted molar refractivity (Wildman–Crippen MR) is 75.5 cm³/mol. The van der Waals surface area contributed by atoms with Crippen molar-refractivity contribution < 1.29 is 4.74 Å². The van der Waals surface area contributed by atoms with Crippen molar-refractivity contribution in [2.75, 3.05) is 12.4 Å². The first-order valence-electron chi connectivity index (χ1n) is 5.51. The normalized spacial score (nSPS) is 10.2. The molecule has 1 N–H and O–H groups in total. The van der Waals surface area contributed by atoms with E-state index in [2.05, 4.69) is 31.2 Å². The smallest absolute Gasteiger partial charge is 0.227 e. The zero-order valence-electron chi connectivity index (χ0n) is 10.5. The second-order valence-corrected chi connectivity index (χ2v) is 4.80. The summed E-state index contributed by atoms with van der Waals surface area (Å²) in [6.45, 7) is 3.89. The zero-order valence-corrected chi connectivity index (χ0v) is 12.1. The van der Waals surface area contributed by atoms with Gasteiger partial charge in [-0.15, -0.1) is 0 Å². The molecule has 0 aliphatic heterocycles. The number of benzene rings is 1. The maximum atomic E-state index is 5.15.